The van der Waals surface area contributed by atoms with E-state index in [1.807, 2.05) is 0 Å². The number of hydrogen-bond acceptors (Lipinski definition) is 1. The molecule has 0 spiro atoms. The summed E-state index contributed by atoms with van der Waals surface area (Å²) in [5.41, 5.74) is 4.85. The highest BCUT2D eigenvalue weighted by Gasteiger charge is 2.06. The van der Waals surface area contributed by atoms with Gasteiger partial charge in [-0.3, -0.25) is 0 Å². The molecule has 0 bridgehead atoms. The first-order valence-electron chi connectivity index (χ1n) is 7.21. The van der Waals surface area contributed by atoms with Gasteiger partial charge in [0, 0.05) is 17.1 Å². The van der Waals surface area contributed by atoms with E-state index in [1.165, 1.54) is 16.7 Å². The Morgan fingerprint density at radius 3 is 2.30 bits per heavy atom. The summed E-state index contributed by atoms with van der Waals surface area (Å²) in [6.45, 7) is 8.35. The lowest BCUT2D eigenvalue weighted by atomic mass is 9.98. The standard InChI is InChI=1S/C18H22ClN/c1-4-20-12-14-5-10-17(18(19)11-14)16-8-6-15(7-9-16)13(2)3/h5-11,13,20H,4,12H2,1-3H3. The zero-order valence-corrected chi connectivity index (χ0v) is 13.2. The molecule has 0 aliphatic rings. The molecule has 0 aromatic heterocycles. The number of hydrogen-bond donors (Lipinski definition) is 1. The van der Waals surface area contributed by atoms with Crippen LogP contribution in [0, 0.1) is 0 Å². The second-order valence-electron chi connectivity index (χ2n) is 5.37. The van der Waals surface area contributed by atoms with Crippen LogP contribution in [-0.2, 0) is 6.54 Å². The molecule has 0 saturated carbocycles. The molecule has 2 aromatic rings. The third-order valence-corrected chi connectivity index (χ3v) is 3.81. The van der Waals surface area contributed by atoms with Crippen LogP contribution in [0.15, 0.2) is 42.5 Å². The van der Waals surface area contributed by atoms with Crippen molar-refractivity contribution in [3.63, 3.8) is 0 Å². The largest absolute Gasteiger partial charge is 0.313 e. The van der Waals surface area contributed by atoms with Gasteiger partial charge in [0.2, 0.25) is 0 Å². The zero-order valence-electron chi connectivity index (χ0n) is 12.4. The van der Waals surface area contributed by atoms with Gasteiger partial charge in [0.05, 0.1) is 0 Å². The third-order valence-electron chi connectivity index (χ3n) is 3.50. The van der Waals surface area contributed by atoms with Gasteiger partial charge in [-0.05, 0) is 35.2 Å². The van der Waals surface area contributed by atoms with E-state index in [2.05, 4.69) is 68.6 Å². The summed E-state index contributed by atoms with van der Waals surface area (Å²) in [5.74, 6) is 0.557. The van der Waals surface area contributed by atoms with Gasteiger partial charge in [-0.15, -0.1) is 0 Å². The van der Waals surface area contributed by atoms with Gasteiger partial charge >= 0.3 is 0 Å². The van der Waals surface area contributed by atoms with Gasteiger partial charge in [-0.25, -0.2) is 0 Å². The fourth-order valence-electron chi connectivity index (χ4n) is 2.22. The second kappa shape index (κ2) is 6.92. The molecule has 0 amide bonds. The number of halogens is 1. The van der Waals surface area contributed by atoms with Crippen molar-refractivity contribution in [2.45, 2.75) is 33.2 Å². The maximum atomic E-state index is 6.42. The summed E-state index contributed by atoms with van der Waals surface area (Å²) in [5, 5.41) is 4.13. The lowest BCUT2D eigenvalue weighted by Gasteiger charge is -2.10. The Labute approximate surface area is 127 Å². The van der Waals surface area contributed by atoms with Gasteiger partial charge in [0.1, 0.15) is 0 Å². The van der Waals surface area contributed by atoms with E-state index in [4.69, 9.17) is 11.6 Å². The maximum Gasteiger partial charge on any atom is 0.0487 e. The molecular formula is C18H22ClN. The predicted molar refractivity (Wildman–Crippen MR) is 88.4 cm³/mol. The molecule has 0 radical (unpaired) electrons. The monoisotopic (exact) mass is 287 g/mol. The van der Waals surface area contributed by atoms with Crippen LogP contribution in [-0.4, -0.2) is 6.54 Å². The highest BCUT2D eigenvalue weighted by atomic mass is 35.5. The van der Waals surface area contributed by atoms with Crippen molar-refractivity contribution in [2.75, 3.05) is 6.54 Å². The Morgan fingerprint density at radius 1 is 1.05 bits per heavy atom. The van der Waals surface area contributed by atoms with Crippen LogP contribution in [0.25, 0.3) is 11.1 Å². The smallest absolute Gasteiger partial charge is 0.0487 e. The first kappa shape index (κ1) is 15.1. The van der Waals surface area contributed by atoms with Crippen molar-refractivity contribution < 1.29 is 0 Å². The molecule has 0 aliphatic carbocycles. The van der Waals surface area contributed by atoms with Crippen molar-refractivity contribution >= 4 is 11.6 Å². The summed E-state index contributed by atoms with van der Waals surface area (Å²) < 4.78 is 0. The fourth-order valence-corrected chi connectivity index (χ4v) is 2.53. The number of nitrogens with one attached hydrogen (secondary N) is 1. The highest BCUT2D eigenvalue weighted by molar-refractivity contribution is 6.33. The van der Waals surface area contributed by atoms with Gasteiger partial charge in [-0.1, -0.05) is 68.8 Å². The van der Waals surface area contributed by atoms with Crippen molar-refractivity contribution in [3.05, 3.63) is 58.6 Å². The van der Waals surface area contributed by atoms with Crippen LogP contribution in [0.4, 0.5) is 0 Å². The first-order chi connectivity index (χ1) is 9.61. The average Bonchev–Trinajstić information content (AvgIpc) is 2.45. The summed E-state index contributed by atoms with van der Waals surface area (Å²) in [6, 6.07) is 15.0. The molecule has 0 fully saturated rings. The second-order valence-corrected chi connectivity index (χ2v) is 5.78. The Hall–Kier alpha value is -1.31. The third kappa shape index (κ3) is 3.62. The molecule has 0 saturated heterocycles. The van der Waals surface area contributed by atoms with Crippen LogP contribution >= 0.6 is 11.6 Å². The maximum absolute atomic E-state index is 6.42. The van der Waals surface area contributed by atoms with E-state index in [0.717, 1.165) is 23.7 Å². The van der Waals surface area contributed by atoms with E-state index in [9.17, 15) is 0 Å². The molecule has 0 atom stereocenters. The van der Waals surface area contributed by atoms with Crippen molar-refractivity contribution in [2.24, 2.45) is 0 Å². The minimum Gasteiger partial charge on any atom is -0.313 e. The van der Waals surface area contributed by atoms with E-state index >= 15 is 0 Å². The zero-order chi connectivity index (χ0) is 14.5. The normalized spacial score (nSPS) is 11.1. The molecule has 0 heterocycles. The van der Waals surface area contributed by atoms with Crippen LogP contribution in [0.1, 0.15) is 37.8 Å². The van der Waals surface area contributed by atoms with Crippen LogP contribution in [0.5, 0.6) is 0 Å². The fraction of sp³-hybridized carbons (Fsp3) is 0.333. The Balaban J connectivity index is 2.24. The Bertz CT molecular complexity index is 558. The summed E-state index contributed by atoms with van der Waals surface area (Å²) in [7, 11) is 0. The Kier molecular flexibility index (Phi) is 5.22. The van der Waals surface area contributed by atoms with E-state index in [0.29, 0.717) is 5.92 Å². The SMILES string of the molecule is CCNCc1ccc(-c2ccc(C(C)C)cc2)c(Cl)c1. The van der Waals surface area contributed by atoms with Crippen molar-refractivity contribution in [1.29, 1.82) is 0 Å². The van der Waals surface area contributed by atoms with Crippen LogP contribution in [0.3, 0.4) is 0 Å². The van der Waals surface area contributed by atoms with E-state index in [1.54, 1.807) is 0 Å². The average molecular weight is 288 g/mol. The summed E-state index contributed by atoms with van der Waals surface area (Å²) >= 11 is 6.42. The topological polar surface area (TPSA) is 12.0 Å². The van der Waals surface area contributed by atoms with E-state index < -0.39 is 0 Å². The summed E-state index contributed by atoms with van der Waals surface area (Å²) in [6.07, 6.45) is 0. The molecule has 1 nitrogen and oxygen atoms in total. The molecule has 0 aliphatic heterocycles. The van der Waals surface area contributed by atoms with E-state index in [-0.39, 0.29) is 0 Å². The number of benzene rings is 2. The van der Waals surface area contributed by atoms with Gasteiger partial charge in [0.25, 0.3) is 0 Å². The molecule has 0 unspecified atom stereocenters. The van der Waals surface area contributed by atoms with Gasteiger partial charge < -0.3 is 5.32 Å². The molecule has 2 rings (SSSR count). The lowest BCUT2D eigenvalue weighted by Crippen LogP contribution is -2.11. The molecule has 1 N–H and O–H groups in total. The molecule has 2 aromatic carbocycles. The first-order valence-corrected chi connectivity index (χ1v) is 7.59. The quantitative estimate of drug-likeness (QED) is 0.793. The minimum atomic E-state index is 0.557. The molecule has 20 heavy (non-hydrogen) atoms. The minimum absolute atomic E-state index is 0.557. The van der Waals surface area contributed by atoms with Gasteiger partial charge in [-0.2, -0.15) is 0 Å². The Morgan fingerprint density at radius 2 is 1.75 bits per heavy atom. The molecule has 2 heteroatoms. The number of rotatable bonds is 5. The predicted octanol–water partition coefficient (Wildman–Crippen LogP) is 5.24. The molecule has 106 valence electrons. The van der Waals surface area contributed by atoms with Crippen molar-refractivity contribution in [1.82, 2.24) is 5.32 Å². The lowest BCUT2D eigenvalue weighted by molar-refractivity contribution is 0.727. The highest BCUT2D eigenvalue weighted by Crippen LogP contribution is 2.29. The summed E-state index contributed by atoms with van der Waals surface area (Å²) in [4.78, 5) is 0. The van der Waals surface area contributed by atoms with Gasteiger partial charge in [0.15, 0.2) is 0 Å². The van der Waals surface area contributed by atoms with Crippen LogP contribution in [0.2, 0.25) is 5.02 Å². The van der Waals surface area contributed by atoms with Crippen LogP contribution < -0.4 is 5.32 Å². The molecular weight excluding hydrogens is 266 g/mol. The van der Waals surface area contributed by atoms with Crippen molar-refractivity contribution in [3.8, 4) is 11.1 Å².